The molecule has 0 spiro atoms. The van der Waals surface area contributed by atoms with Crippen molar-refractivity contribution in [1.29, 1.82) is 0 Å². The molecule has 164 valence electrons. The molecule has 0 aliphatic heterocycles. The monoisotopic (exact) mass is 466 g/mol. The molecule has 0 saturated carbocycles. The number of hydrogen-bond acceptors (Lipinski definition) is 7. The van der Waals surface area contributed by atoms with Gasteiger partial charge in [-0.25, -0.2) is 4.98 Å². The molecule has 2 aromatic carbocycles. The van der Waals surface area contributed by atoms with E-state index in [0.29, 0.717) is 39.0 Å². The number of amides is 1. The fraction of sp³-hybridized carbons (Fsp3) is 0.217. The number of nitrogens with zero attached hydrogens (tertiary/aromatic N) is 3. The molecule has 2 aromatic heterocycles. The van der Waals surface area contributed by atoms with E-state index in [1.54, 1.807) is 23.8 Å². The van der Waals surface area contributed by atoms with Gasteiger partial charge in [-0.3, -0.25) is 14.2 Å². The summed E-state index contributed by atoms with van der Waals surface area (Å²) in [5.74, 6) is 0.492. The molecule has 2 heterocycles. The molecule has 4 rings (SSSR count). The van der Waals surface area contributed by atoms with Crippen molar-refractivity contribution in [2.24, 2.45) is 0 Å². The van der Waals surface area contributed by atoms with Gasteiger partial charge in [-0.1, -0.05) is 61.2 Å². The summed E-state index contributed by atoms with van der Waals surface area (Å²) in [7, 11) is 1.56. The number of thioether (sulfide) groups is 1. The third-order valence-electron chi connectivity index (χ3n) is 4.75. The Bertz CT molecular complexity index is 1300. The van der Waals surface area contributed by atoms with Crippen LogP contribution in [0.25, 0.3) is 21.5 Å². The van der Waals surface area contributed by atoms with Gasteiger partial charge < -0.3 is 10.1 Å². The predicted molar refractivity (Wildman–Crippen MR) is 130 cm³/mol. The average Bonchev–Trinajstić information content (AvgIpc) is 3.25. The molecule has 0 saturated heterocycles. The van der Waals surface area contributed by atoms with Gasteiger partial charge in [0.15, 0.2) is 5.16 Å². The Morgan fingerprint density at radius 3 is 2.66 bits per heavy atom. The number of carbonyl (C=O) groups excluding carboxylic acids is 1. The third kappa shape index (κ3) is 4.53. The van der Waals surface area contributed by atoms with Crippen LogP contribution < -0.4 is 15.6 Å². The summed E-state index contributed by atoms with van der Waals surface area (Å²) in [5, 5.41) is 3.37. The van der Waals surface area contributed by atoms with E-state index in [0.717, 1.165) is 12.0 Å². The van der Waals surface area contributed by atoms with Crippen LogP contribution >= 0.6 is 23.3 Å². The summed E-state index contributed by atoms with van der Waals surface area (Å²) in [4.78, 5) is 30.5. The molecule has 32 heavy (non-hydrogen) atoms. The highest BCUT2D eigenvalue weighted by Crippen LogP contribution is 2.30. The lowest BCUT2D eigenvalue weighted by Gasteiger charge is -2.12. The Balaban J connectivity index is 1.64. The molecule has 1 amide bonds. The molecule has 0 aliphatic carbocycles. The summed E-state index contributed by atoms with van der Waals surface area (Å²) in [6, 6.07) is 16.9. The van der Waals surface area contributed by atoms with Crippen LogP contribution in [-0.2, 0) is 11.3 Å². The number of fused-ring (bicyclic) bond motifs is 1. The zero-order chi connectivity index (χ0) is 22.5. The van der Waals surface area contributed by atoms with E-state index in [1.807, 2.05) is 49.4 Å². The summed E-state index contributed by atoms with van der Waals surface area (Å²) in [6.45, 7) is 2.53. The van der Waals surface area contributed by atoms with E-state index < -0.39 is 0 Å². The highest BCUT2D eigenvalue weighted by atomic mass is 32.2. The van der Waals surface area contributed by atoms with Crippen molar-refractivity contribution >= 4 is 45.1 Å². The minimum Gasteiger partial charge on any atom is -0.495 e. The Labute approximate surface area is 193 Å². The second-order valence-electron chi connectivity index (χ2n) is 6.96. The molecule has 4 aromatic rings. The molecule has 1 N–H and O–H groups in total. The number of nitrogens with one attached hydrogen (secondary N) is 1. The second-order valence-corrected chi connectivity index (χ2v) is 8.68. The molecule has 0 bridgehead atoms. The molecular weight excluding hydrogens is 444 g/mol. The van der Waals surface area contributed by atoms with Crippen LogP contribution in [0, 0.1) is 0 Å². The number of ether oxygens (including phenoxy) is 1. The fourth-order valence-electron chi connectivity index (χ4n) is 3.28. The van der Waals surface area contributed by atoms with E-state index in [4.69, 9.17) is 9.72 Å². The van der Waals surface area contributed by atoms with Gasteiger partial charge in [0.2, 0.25) is 5.91 Å². The minimum absolute atomic E-state index is 0.109. The zero-order valence-corrected chi connectivity index (χ0v) is 19.3. The first-order valence-electron chi connectivity index (χ1n) is 10.1. The Hall–Kier alpha value is -3.17. The smallest absolute Gasteiger partial charge is 0.273 e. The van der Waals surface area contributed by atoms with Crippen LogP contribution in [0.15, 0.2) is 64.5 Å². The van der Waals surface area contributed by atoms with E-state index in [9.17, 15) is 9.59 Å². The van der Waals surface area contributed by atoms with Crippen molar-refractivity contribution in [2.45, 2.75) is 25.0 Å². The molecule has 7 nitrogen and oxygen atoms in total. The number of benzene rings is 2. The van der Waals surface area contributed by atoms with Crippen molar-refractivity contribution in [3.05, 3.63) is 65.0 Å². The van der Waals surface area contributed by atoms with Gasteiger partial charge in [0.1, 0.15) is 21.7 Å². The lowest BCUT2D eigenvalue weighted by atomic mass is 10.1. The van der Waals surface area contributed by atoms with Crippen molar-refractivity contribution in [3.63, 3.8) is 0 Å². The second kappa shape index (κ2) is 9.97. The first-order valence-corrected chi connectivity index (χ1v) is 11.9. The normalized spacial score (nSPS) is 10.9. The fourth-order valence-corrected chi connectivity index (χ4v) is 4.89. The van der Waals surface area contributed by atoms with Crippen LogP contribution in [0.4, 0.5) is 5.69 Å². The number of carbonyl (C=O) groups is 1. The maximum absolute atomic E-state index is 13.2. The van der Waals surface area contributed by atoms with E-state index in [2.05, 4.69) is 9.69 Å². The molecule has 0 fully saturated rings. The van der Waals surface area contributed by atoms with Crippen molar-refractivity contribution in [3.8, 4) is 17.0 Å². The molecule has 0 unspecified atom stereocenters. The van der Waals surface area contributed by atoms with Gasteiger partial charge in [0.25, 0.3) is 5.56 Å². The van der Waals surface area contributed by atoms with E-state index in [1.165, 1.54) is 23.3 Å². The summed E-state index contributed by atoms with van der Waals surface area (Å²) in [5.41, 5.74) is 2.65. The lowest BCUT2D eigenvalue weighted by molar-refractivity contribution is -0.113. The number of hydrogen-bond donors (Lipinski definition) is 1. The van der Waals surface area contributed by atoms with Crippen LogP contribution in [0.2, 0.25) is 0 Å². The SMILES string of the molecule is CCCn1c(SCC(=O)Nc2ccccc2OC)nc2c(-c3ccccc3)nsc2c1=O. The first-order chi connectivity index (χ1) is 15.6. The van der Waals surface area contributed by atoms with Crippen molar-refractivity contribution in [2.75, 3.05) is 18.2 Å². The van der Waals surface area contributed by atoms with Gasteiger partial charge >= 0.3 is 0 Å². The molecular formula is C23H22N4O3S2. The predicted octanol–water partition coefficient (Wildman–Crippen LogP) is 4.67. The maximum atomic E-state index is 13.2. The van der Waals surface area contributed by atoms with Gasteiger partial charge in [-0.2, -0.15) is 4.37 Å². The summed E-state index contributed by atoms with van der Waals surface area (Å²) >= 11 is 2.41. The molecule has 0 radical (unpaired) electrons. The quantitative estimate of drug-likeness (QED) is 0.300. The summed E-state index contributed by atoms with van der Waals surface area (Å²) in [6.07, 6.45) is 0.776. The highest BCUT2D eigenvalue weighted by Gasteiger charge is 2.19. The number of para-hydroxylation sites is 2. The molecule has 9 heteroatoms. The van der Waals surface area contributed by atoms with Crippen LogP contribution in [0.1, 0.15) is 13.3 Å². The Morgan fingerprint density at radius 1 is 1.16 bits per heavy atom. The first kappa shape index (κ1) is 22.0. The molecule has 0 atom stereocenters. The van der Waals surface area contributed by atoms with Gasteiger partial charge in [0, 0.05) is 12.1 Å². The van der Waals surface area contributed by atoms with Crippen LogP contribution in [0.3, 0.4) is 0 Å². The average molecular weight is 467 g/mol. The standard InChI is InChI=1S/C23H22N4O3S2/c1-3-13-27-22(29)21-20(19(26-32-21)15-9-5-4-6-10-15)25-23(27)31-14-18(28)24-16-11-7-8-12-17(16)30-2/h4-12H,3,13-14H2,1-2H3,(H,24,28). The number of rotatable bonds is 8. The molecule has 0 aliphatic rings. The topological polar surface area (TPSA) is 86.1 Å². The van der Waals surface area contributed by atoms with Crippen LogP contribution in [0.5, 0.6) is 5.75 Å². The maximum Gasteiger partial charge on any atom is 0.273 e. The highest BCUT2D eigenvalue weighted by molar-refractivity contribution is 7.99. The number of methoxy groups -OCH3 is 1. The zero-order valence-electron chi connectivity index (χ0n) is 17.7. The van der Waals surface area contributed by atoms with Gasteiger partial charge in [-0.05, 0) is 30.1 Å². The van der Waals surface area contributed by atoms with Crippen molar-refractivity contribution < 1.29 is 9.53 Å². The number of anilines is 1. The van der Waals surface area contributed by atoms with Crippen LogP contribution in [-0.4, -0.2) is 32.7 Å². The minimum atomic E-state index is -0.205. The number of aromatic nitrogens is 3. The third-order valence-corrected chi connectivity index (χ3v) is 6.55. The van der Waals surface area contributed by atoms with E-state index in [-0.39, 0.29) is 17.2 Å². The lowest BCUT2D eigenvalue weighted by Crippen LogP contribution is -2.23. The van der Waals surface area contributed by atoms with Crippen molar-refractivity contribution in [1.82, 2.24) is 13.9 Å². The Morgan fingerprint density at radius 2 is 1.91 bits per heavy atom. The Kier molecular flexibility index (Phi) is 6.87. The van der Waals surface area contributed by atoms with E-state index >= 15 is 0 Å². The summed E-state index contributed by atoms with van der Waals surface area (Å²) < 4.78 is 12.0. The van der Waals surface area contributed by atoms with Gasteiger partial charge in [0.05, 0.1) is 18.6 Å². The van der Waals surface area contributed by atoms with Gasteiger partial charge in [-0.15, -0.1) is 0 Å². The largest absolute Gasteiger partial charge is 0.495 e.